The first-order valence-electron chi connectivity index (χ1n) is 5.14. The highest BCUT2D eigenvalue weighted by atomic mass is 127. The van der Waals surface area contributed by atoms with Crippen LogP contribution in [0.25, 0.3) is 0 Å². The van der Waals surface area contributed by atoms with Crippen molar-refractivity contribution in [1.82, 2.24) is 4.90 Å². The second kappa shape index (κ2) is 6.08. The van der Waals surface area contributed by atoms with Gasteiger partial charge in [0.2, 0.25) is 0 Å². The number of carbonyl (C=O) groups excluding carboxylic acids is 1. The second-order valence-corrected chi connectivity index (χ2v) is 5.09. The Morgan fingerprint density at radius 2 is 1.94 bits per heavy atom. The van der Waals surface area contributed by atoms with E-state index in [1.165, 1.54) is 0 Å². The van der Waals surface area contributed by atoms with Gasteiger partial charge in [-0.15, -0.1) is 0 Å². The average molecular weight is 333 g/mol. The normalized spacial score (nSPS) is 10.3. The van der Waals surface area contributed by atoms with Gasteiger partial charge in [0.1, 0.15) is 5.75 Å². The van der Waals surface area contributed by atoms with Crippen molar-refractivity contribution in [3.8, 4) is 5.75 Å². The molecule has 88 valence electrons. The van der Waals surface area contributed by atoms with Crippen LogP contribution in [0.15, 0.2) is 24.3 Å². The quantitative estimate of drug-likeness (QED) is 0.793. The molecular formula is C12H16INO2. The molecule has 1 aromatic carbocycles. The van der Waals surface area contributed by atoms with Crippen molar-refractivity contribution in [3.05, 3.63) is 27.8 Å². The van der Waals surface area contributed by atoms with E-state index in [0.29, 0.717) is 0 Å². The molecule has 0 saturated heterocycles. The molecule has 16 heavy (non-hydrogen) atoms. The van der Waals surface area contributed by atoms with Crippen molar-refractivity contribution in [2.75, 3.05) is 13.7 Å². The average Bonchev–Trinajstić information content (AvgIpc) is 2.26. The molecular weight excluding hydrogens is 317 g/mol. The maximum Gasteiger partial charge on any atom is 0.260 e. The minimum atomic E-state index is -0.00597. The second-order valence-electron chi connectivity index (χ2n) is 3.84. The molecule has 1 rings (SSSR count). The van der Waals surface area contributed by atoms with Crippen molar-refractivity contribution in [3.63, 3.8) is 0 Å². The lowest BCUT2D eigenvalue weighted by Crippen LogP contribution is -2.36. The van der Waals surface area contributed by atoms with Crippen LogP contribution in [0, 0.1) is 3.57 Å². The van der Waals surface area contributed by atoms with E-state index in [1.807, 2.05) is 38.1 Å². The van der Waals surface area contributed by atoms with Crippen LogP contribution in [-0.2, 0) is 4.79 Å². The summed E-state index contributed by atoms with van der Waals surface area (Å²) in [7, 11) is 1.78. The number of halogens is 1. The summed E-state index contributed by atoms with van der Waals surface area (Å²) in [6.07, 6.45) is 0. The Morgan fingerprint density at radius 3 is 2.44 bits per heavy atom. The summed E-state index contributed by atoms with van der Waals surface area (Å²) >= 11 is 2.23. The highest BCUT2D eigenvalue weighted by molar-refractivity contribution is 14.1. The van der Waals surface area contributed by atoms with Gasteiger partial charge in [0, 0.05) is 16.7 Å². The number of hydrogen-bond acceptors (Lipinski definition) is 2. The van der Waals surface area contributed by atoms with E-state index < -0.39 is 0 Å². The van der Waals surface area contributed by atoms with E-state index >= 15 is 0 Å². The molecule has 3 nitrogen and oxygen atoms in total. The van der Waals surface area contributed by atoms with Gasteiger partial charge in [-0.05, 0) is 60.7 Å². The molecule has 0 bridgehead atoms. The number of carbonyl (C=O) groups is 1. The lowest BCUT2D eigenvalue weighted by Gasteiger charge is -2.21. The first kappa shape index (κ1) is 13.3. The summed E-state index contributed by atoms with van der Waals surface area (Å²) in [5, 5.41) is 0. The number of ether oxygens (including phenoxy) is 1. The molecule has 0 saturated carbocycles. The molecule has 0 fully saturated rings. The van der Waals surface area contributed by atoms with Gasteiger partial charge in [-0.25, -0.2) is 0 Å². The van der Waals surface area contributed by atoms with E-state index in [1.54, 1.807) is 11.9 Å². The van der Waals surface area contributed by atoms with E-state index in [4.69, 9.17) is 4.74 Å². The summed E-state index contributed by atoms with van der Waals surface area (Å²) in [6, 6.07) is 7.83. The fourth-order valence-corrected chi connectivity index (χ4v) is 1.43. The smallest absolute Gasteiger partial charge is 0.260 e. The van der Waals surface area contributed by atoms with Crippen LogP contribution < -0.4 is 4.74 Å². The Morgan fingerprint density at radius 1 is 1.38 bits per heavy atom. The third-order valence-corrected chi connectivity index (χ3v) is 3.06. The van der Waals surface area contributed by atoms with Gasteiger partial charge in [0.25, 0.3) is 5.91 Å². The van der Waals surface area contributed by atoms with Gasteiger partial charge in [-0.1, -0.05) is 0 Å². The van der Waals surface area contributed by atoms with Crippen molar-refractivity contribution in [2.24, 2.45) is 0 Å². The predicted molar refractivity (Wildman–Crippen MR) is 72.6 cm³/mol. The van der Waals surface area contributed by atoms with E-state index in [9.17, 15) is 4.79 Å². The number of benzene rings is 1. The lowest BCUT2D eigenvalue weighted by atomic mass is 10.3. The Hall–Kier alpha value is -0.780. The predicted octanol–water partition coefficient (Wildman–Crippen LogP) is 2.54. The lowest BCUT2D eigenvalue weighted by molar-refractivity contribution is -0.133. The molecule has 1 amide bonds. The van der Waals surface area contributed by atoms with E-state index in [0.717, 1.165) is 9.32 Å². The topological polar surface area (TPSA) is 29.5 Å². The number of amides is 1. The standard InChI is InChI=1S/C12H16INO2/c1-9(2)14(3)12(15)8-16-11-6-4-10(13)5-7-11/h4-7,9H,8H2,1-3H3. The minimum absolute atomic E-state index is 0.00597. The van der Waals surface area contributed by atoms with Crippen molar-refractivity contribution in [1.29, 1.82) is 0 Å². The number of hydrogen-bond donors (Lipinski definition) is 0. The Bertz CT molecular complexity index is 349. The number of nitrogens with zero attached hydrogens (tertiary/aromatic N) is 1. The SMILES string of the molecule is CC(C)N(C)C(=O)COc1ccc(I)cc1. The molecule has 0 heterocycles. The molecule has 1 aromatic rings. The van der Waals surface area contributed by atoms with Gasteiger partial charge >= 0.3 is 0 Å². The maximum atomic E-state index is 11.6. The van der Waals surface area contributed by atoms with Crippen LogP contribution in [0.3, 0.4) is 0 Å². The molecule has 0 spiro atoms. The molecule has 0 aliphatic rings. The molecule has 0 aromatic heterocycles. The summed E-state index contributed by atoms with van der Waals surface area (Å²) in [4.78, 5) is 13.3. The minimum Gasteiger partial charge on any atom is -0.484 e. The first-order chi connectivity index (χ1) is 7.50. The van der Waals surface area contributed by atoms with Crippen LogP contribution in [-0.4, -0.2) is 30.5 Å². The van der Waals surface area contributed by atoms with Gasteiger partial charge in [-0.3, -0.25) is 4.79 Å². The molecule has 4 heteroatoms. The third kappa shape index (κ3) is 4.00. The summed E-state index contributed by atoms with van der Waals surface area (Å²) in [5.41, 5.74) is 0. The van der Waals surface area contributed by atoms with E-state index in [-0.39, 0.29) is 18.6 Å². The zero-order valence-electron chi connectivity index (χ0n) is 9.74. The Kier molecular flexibility index (Phi) is 5.05. The molecule has 0 unspecified atom stereocenters. The highest BCUT2D eigenvalue weighted by Gasteiger charge is 2.12. The molecule has 0 aliphatic heterocycles. The van der Waals surface area contributed by atoms with Crippen molar-refractivity contribution < 1.29 is 9.53 Å². The van der Waals surface area contributed by atoms with E-state index in [2.05, 4.69) is 22.6 Å². The highest BCUT2D eigenvalue weighted by Crippen LogP contribution is 2.13. The van der Waals surface area contributed by atoms with Gasteiger partial charge in [-0.2, -0.15) is 0 Å². The Balaban J connectivity index is 2.46. The van der Waals surface area contributed by atoms with Crippen LogP contribution >= 0.6 is 22.6 Å². The fourth-order valence-electron chi connectivity index (χ4n) is 1.07. The first-order valence-corrected chi connectivity index (χ1v) is 6.22. The largest absolute Gasteiger partial charge is 0.484 e. The van der Waals surface area contributed by atoms with Crippen molar-refractivity contribution in [2.45, 2.75) is 19.9 Å². The van der Waals surface area contributed by atoms with Crippen LogP contribution in [0.2, 0.25) is 0 Å². The number of rotatable bonds is 4. The van der Waals surface area contributed by atoms with Crippen LogP contribution in [0.4, 0.5) is 0 Å². The molecule has 0 radical (unpaired) electrons. The molecule has 0 atom stereocenters. The third-order valence-electron chi connectivity index (χ3n) is 2.34. The van der Waals surface area contributed by atoms with Crippen LogP contribution in [0.1, 0.15) is 13.8 Å². The zero-order chi connectivity index (χ0) is 12.1. The Labute approximate surface area is 110 Å². The maximum absolute atomic E-state index is 11.6. The monoisotopic (exact) mass is 333 g/mol. The van der Waals surface area contributed by atoms with Gasteiger partial charge < -0.3 is 9.64 Å². The zero-order valence-corrected chi connectivity index (χ0v) is 11.9. The summed E-state index contributed by atoms with van der Waals surface area (Å²) in [6.45, 7) is 4.04. The summed E-state index contributed by atoms with van der Waals surface area (Å²) in [5.74, 6) is 0.722. The summed E-state index contributed by atoms with van der Waals surface area (Å²) < 4.78 is 6.55. The van der Waals surface area contributed by atoms with Gasteiger partial charge in [0.05, 0.1) is 0 Å². The van der Waals surface area contributed by atoms with Crippen molar-refractivity contribution >= 4 is 28.5 Å². The molecule has 0 aliphatic carbocycles. The fraction of sp³-hybridized carbons (Fsp3) is 0.417. The van der Waals surface area contributed by atoms with Gasteiger partial charge in [0.15, 0.2) is 6.61 Å². The number of likely N-dealkylation sites (N-methyl/N-ethyl adjacent to an activating group) is 1. The molecule has 0 N–H and O–H groups in total. The van der Waals surface area contributed by atoms with Crippen LogP contribution in [0.5, 0.6) is 5.75 Å².